The Bertz CT molecular complexity index is 2460. The fourth-order valence-electron chi connectivity index (χ4n) is 10.4. The molecule has 1 atom stereocenters. The molecule has 0 spiro atoms. The van der Waals surface area contributed by atoms with Crippen LogP contribution in [-0.2, 0) is 16.1 Å². The van der Waals surface area contributed by atoms with E-state index in [2.05, 4.69) is 31.8 Å². The monoisotopic (exact) mass is 802 g/mol. The van der Waals surface area contributed by atoms with Gasteiger partial charge in [-0.3, -0.25) is 39.1 Å². The lowest BCUT2D eigenvalue weighted by molar-refractivity contribution is -0.199. The maximum Gasteiger partial charge on any atom is 0.262 e. The zero-order chi connectivity index (χ0) is 41.0. The number of fused-ring (bicyclic) bond motifs is 2. The number of nitrogens with zero attached hydrogens (tertiary/aromatic N) is 5. The van der Waals surface area contributed by atoms with Crippen molar-refractivity contribution in [3.8, 4) is 17.6 Å². The van der Waals surface area contributed by atoms with Gasteiger partial charge in [-0.2, -0.15) is 0 Å². The molecule has 0 bridgehead atoms. The third kappa shape index (κ3) is 5.85. The minimum atomic E-state index is -1.00. The fraction of sp³-hybridized carbons (Fsp3) is 0.409. The molecule has 1 saturated carbocycles. The van der Waals surface area contributed by atoms with Gasteiger partial charge in [0, 0.05) is 79.2 Å². The molecule has 5 amide bonds. The number of anilines is 1. The summed E-state index contributed by atoms with van der Waals surface area (Å²) in [5.41, 5.74) is 2.00. The maximum atomic E-state index is 15.6. The van der Waals surface area contributed by atoms with Gasteiger partial charge in [0.15, 0.2) is 0 Å². The van der Waals surface area contributed by atoms with Crippen LogP contribution in [0.1, 0.15) is 82.7 Å². The summed E-state index contributed by atoms with van der Waals surface area (Å²) in [6.07, 6.45) is -0.0964. The Balaban J connectivity index is 0.798. The van der Waals surface area contributed by atoms with Gasteiger partial charge in [0.05, 0.1) is 28.3 Å². The number of rotatable bonds is 6. The van der Waals surface area contributed by atoms with E-state index in [1.165, 1.54) is 6.07 Å². The van der Waals surface area contributed by atoms with Crippen LogP contribution in [-0.4, -0.2) is 94.6 Å². The zero-order valence-electron chi connectivity index (χ0n) is 32.4. The van der Waals surface area contributed by atoms with Crippen molar-refractivity contribution < 1.29 is 33.1 Å². The molecule has 4 fully saturated rings. The molecule has 0 aromatic heterocycles. The van der Waals surface area contributed by atoms with Crippen LogP contribution in [0.5, 0.6) is 5.75 Å². The van der Waals surface area contributed by atoms with Crippen molar-refractivity contribution in [1.29, 1.82) is 0 Å². The summed E-state index contributed by atoms with van der Waals surface area (Å²) in [4.78, 5) is 74.7. The quantitative estimate of drug-likeness (QED) is 0.199. The number of hydrogen-bond donors (Lipinski definition) is 1. The van der Waals surface area contributed by atoms with Crippen molar-refractivity contribution >= 4 is 52.5 Å². The summed E-state index contributed by atoms with van der Waals surface area (Å²) in [6.45, 7) is 18.8. The SMILES string of the molecule is [C-]#[N+]c1ccc(OC2C(C)(C)C(N3Cc4cc(C#CC5CN(C6CN(c7ccc8c(c7)C(=O)N(C7CCC(=O)NC7=O)C8=O)C6)C5)cc(F)c4C3=O)C2(C)C)cc1Cl. The number of piperidine rings is 1. The van der Waals surface area contributed by atoms with Gasteiger partial charge in [0.2, 0.25) is 17.5 Å². The molecular formula is C44H40ClFN6O6. The van der Waals surface area contributed by atoms with Gasteiger partial charge in [-0.25, -0.2) is 9.24 Å². The first-order chi connectivity index (χ1) is 27.6. The van der Waals surface area contributed by atoms with Crippen LogP contribution in [0.2, 0.25) is 5.02 Å². The number of carbonyl (C=O) groups excluding carboxylic acids is 5. The molecule has 9 rings (SSSR count). The standard InChI is InChI=1S/C44H40ClFN6O6/c1-43(2)41(44(3,4)42(43)58-28-9-11-33(47-5)31(45)17-28)51-20-25-14-23(15-32(46)36(25)40(51)57)6-7-24-18-49(19-24)27-21-50(22-27)26-8-10-29-30(16-26)39(56)52(38(29)55)34-12-13-35(53)48-37(34)54/h8-11,14-17,24,27,34,41-42H,12-13,18-22H2,1-4H3,(H,48,53,54). The third-order valence-electron chi connectivity index (χ3n) is 12.9. The molecule has 5 heterocycles. The van der Waals surface area contributed by atoms with E-state index in [9.17, 15) is 24.0 Å². The fourth-order valence-corrected chi connectivity index (χ4v) is 10.6. The first-order valence-corrected chi connectivity index (χ1v) is 19.8. The highest BCUT2D eigenvalue weighted by Gasteiger charge is 2.67. The smallest absolute Gasteiger partial charge is 0.262 e. The van der Waals surface area contributed by atoms with Gasteiger partial charge >= 0.3 is 0 Å². The van der Waals surface area contributed by atoms with Gasteiger partial charge in [-0.15, -0.1) is 0 Å². The van der Waals surface area contributed by atoms with Crippen molar-refractivity contribution in [3.63, 3.8) is 0 Å². The molecule has 5 aliphatic heterocycles. The van der Waals surface area contributed by atoms with Gasteiger partial charge in [-0.1, -0.05) is 57.2 Å². The molecule has 6 aliphatic rings. The Morgan fingerprint density at radius 1 is 0.914 bits per heavy atom. The van der Waals surface area contributed by atoms with Crippen LogP contribution in [0.25, 0.3) is 4.85 Å². The highest BCUT2D eigenvalue weighted by molar-refractivity contribution is 6.33. The van der Waals surface area contributed by atoms with Crippen LogP contribution in [0, 0.1) is 41.0 Å². The van der Waals surface area contributed by atoms with E-state index >= 15 is 4.39 Å². The van der Waals surface area contributed by atoms with Crippen LogP contribution >= 0.6 is 11.6 Å². The number of ether oxygens (including phenoxy) is 1. The summed E-state index contributed by atoms with van der Waals surface area (Å²) >= 11 is 6.27. The molecule has 3 aromatic rings. The van der Waals surface area contributed by atoms with Gasteiger partial charge in [-0.05, 0) is 54.4 Å². The van der Waals surface area contributed by atoms with Gasteiger partial charge in [0.25, 0.3) is 17.7 Å². The predicted molar refractivity (Wildman–Crippen MR) is 211 cm³/mol. The summed E-state index contributed by atoms with van der Waals surface area (Å²) in [7, 11) is 0. The highest BCUT2D eigenvalue weighted by Crippen LogP contribution is 2.59. The number of likely N-dealkylation sites (tertiary alicyclic amines) is 1. The predicted octanol–water partition coefficient (Wildman–Crippen LogP) is 5.44. The second-order valence-electron chi connectivity index (χ2n) is 17.3. The Kier molecular flexibility index (Phi) is 8.73. The molecule has 1 aliphatic carbocycles. The second kappa shape index (κ2) is 13.4. The third-order valence-corrected chi connectivity index (χ3v) is 13.2. The molecule has 1 unspecified atom stereocenters. The lowest BCUT2D eigenvalue weighted by atomic mass is 9.49. The lowest BCUT2D eigenvalue weighted by Gasteiger charge is -2.65. The molecule has 3 aromatic carbocycles. The van der Waals surface area contributed by atoms with E-state index in [0.29, 0.717) is 33.6 Å². The molecule has 1 N–H and O–H groups in total. The Hall–Kier alpha value is -5.76. The lowest BCUT2D eigenvalue weighted by Crippen LogP contribution is -2.74. The minimum absolute atomic E-state index is 0.0679. The number of nitrogens with one attached hydrogen (secondary N) is 1. The topological polar surface area (TPSA) is 124 Å². The van der Waals surface area contributed by atoms with Crippen LogP contribution in [0.4, 0.5) is 15.8 Å². The maximum absolute atomic E-state index is 15.6. The summed E-state index contributed by atoms with van der Waals surface area (Å²) in [5, 5.41) is 2.53. The van der Waals surface area contributed by atoms with E-state index < -0.39 is 46.3 Å². The average molecular weight is 803 g/mol. The number of halogens is 2. The molecule has 0 radical (unpaired) electrons. The van der Waals surface area contributed by atoms with E-state index in [4.69, 9.17) is 22.9 Å². The van der Waals surface area contributed by atoms with Crippen LogP contribution in [0.3, 0.4) is 0 Å². The average Bonchev–Trinajstić information content (AvgIpc) is 3.58. The Morgan fingerprint density at radius 2 is 1.64 bits per heavy atom. The normalized spacial score (nSPS) is 24.9. The number of imide groups is 2. The Labute approximate surface area is 340 Å². The summed E-state index contributed by atoms with van der Waals surface area (Å²) < 4.78 is 22.0. The molecular weight excluding hydrogens is 763 g/mol. The first kappa shape index (κ1) is 37.8. The van der Waals surface area contributed by atoms with E-state index in [-0.39, 0.29) is 60.0 Å². The molecule has 3 saturated heterocycles. The van der Waals surface area contributed by atoms with Gasteiger partial charge in [0.1, 0.15) is 23.7 Å². The van der Waals surface area contributed by atoms with Crippen molar-refractivity contribution in [2.75, 3.05) is 31.1 Å². The van der Waals surface area contributed by atoms with Crippen molar-refractivity contribution in [3.05, 3.63) is 98.6 Å². The summed E-state index contributed by atoms with van der Waals surface area (Å²) in [6, 6.07) is 12.4. The van der Waals surface area contributed by atoms with Gasteiger partial charge < -0.3 is 14.5 Å². The molecule has 12 nitrogen and oxygen atoms in total. The van der Waals surface area contributed by atoms with Crippen LogP contribution in [0.15, 0.2) is 48.5 Å². The first-order valence-electron chi connectivity index (χ1n) is 19.4. The zero-order valence-corrected chi connectivity index (χ0v) is 33.2. The van der Waals surface area contributed by atoms with Crippen molar-refractivity contribution in [2.24, 2.45) is 16.7 Å². The summed E-state index contributed by atoms with van der Waals surface area (Å²) in [5.74, 6) is 4.13. The second-order valence-corrected chi connectivity index (χ2v) is 17.8. The molecule has 296 valence electrons. The largest absolute Gasteiger partial charge is 0.489 e. The van der Waals surface area contributed by atoms with E-state index in [0.717, 1.165) is 36.8 Å². The minimum Gasteiger partial charge on any atom is -0.489 e. The van der Waals surface area contributed by atoms with E-state index in [1.54, 1.807) is 35.2 Å². The molecule has 14 heteroatoms. The number of benzene rings is 3. The van der Waals surface area contributed by atoms with Crippen LogP contribution < -0.4 is 15.0 Å². The van der Waals surface area contributed by atoms with Crippen molar-refractivity contribution in [2.45, 2.75) is 71.3 Å². The Morgan fingerprint density at radius 3 is 2.33 bits per heavy atom. The van der Waals surface area contributed by atoms with E-state index in [1.807, 2.05) is 39.8 Å². The van der Waals surface area contributed by atoms with Crippen molar-refractivity contribution in [1.82, 2.24) is 20.0 Å². The molecule has 58 heavy (non-hydrogen) atoms. The number of amides is 5. The highest BCUT2D eigenvalue weighted by atomic mass is 35.5. The number of carbonyl (C=O) groups is 5. The number of hydrogen-bond acceptors (Lipinski definition) is 8.